The Balaban J connectivity index is 2.46. The predicted molar refractivity (Wildman–Crippen MR) is 84.6 cm³/mol. The van der Waals surface area contributed by atoms with E-state index in [1.807, 2.05) is 0 Å². The number of aliphatic hydroxyl groups excluding tert-OH is 2. The summed E-state index contributed by atoms with van der Waals surface area (Å²) in [5.74, 6) is -0.111. The molecule has 0 aliphatic heterocycles. The van der Waals surface area contributed by atoms with Crippen molar-refractivity contribution in [2.75, 3.05) is 32.2 Å². The number of hydrogen-bond donors (Lipinski definition) is 4. The molecule has 0 radical (unpaired) electrons. The first-order valence-corrected chi connectivity index (χ1v) is 7.23. The average Bonchev–Trinajstić information content (AvgIpc) is 2.95. The number of aromatic nitrogens is 3. The second-order valence-electron chi connectivity index (χ2n) is 5.11. The maximum Gasteiger partial charge on any atom is 0.277 e. The van der Waals surface area contributed by atoms with Crippen molar-refractivity contribution < 1.29 is 24.5 Å². The fourth-order valence-corrected chi connectivity index (χ4v) is 2.22. The molecular formula is C14H20N4O6. The van der Waals surface area contributed by atoms with Crippen molar-refractivity contribution in [2.45, 2.75) is 19.3 Å². The Hall–Kier alpha value is -2.27. The van der Waals surface area contributed by atoms with E-state index >= 15 is 0 Å². The van der Waals surface area contributed by atoms with Gasteiger partial charge in [0.1, 0.15) is 11.9 Å². The number of nitrogens with one attached hydrogen (secondary N) is 2. The van der Waals surface area contributed by atoms with Crippen LogP contribution < -0.4 is 10.9 Å². The number of amides is 1. The molecule has 1 amide bonds. The quantitative estimate of drug-likeness (QED) is 0.493. The number of pyridine rings is 1. The summed E-state index contributed by atoms with van der Waals surface area (Å²) in [5, 5.41) is 20.9. The van der Waals surface area contributed by atoms with Crippen LogP contribution in [0.25, 0.3) is 11.0 Å². The van der Waals surface area contributed by atoms with Gasteiger partial charge in [-0.15, -0.1) is 0 Å². The number of rotatable bonds is 8. The largest absolute Gasteiger partial charge is 0.394 e. The zero-order valence-corrected chi connectivity index (χ0v) is 13.4. The summed E-state index contributed by atoms with van der Waals surface area (Å²) in [4.78, 5) is 29.8. The fraction of sp³-hybridized carbons (Fsp3) is 0.500. The van der Waals surface area contributed by atoms with Crippen molar-refractivity contribution in [3.05, 3.63) is 22.7 Å². The molecule has 0 unspecified atom stereocenters. The van der Waals surface area contributed by atoms with E-state index in [1.165, 1.54) is 24.9 Å². The lowest BCUT2D eigenvalue weighted by Gasteiger charge is -2.23. The second-order valence-corrected chi connectivity index (χ2v) is 5.11. The van der Waals surface area contributed by atoms with Gasteiger partial charge in [0.2, 0.25) is 5.91 Å². The Morgan fingerprint density at radius 2 is 2.17 bits per heavy atom. The molecule has 0 fully saturated rings. The van der Waals surface area contributed by atoms with Crippen LogP contribution in [0.3, 0.4) is 0 Å². The minimum atomic E-state index is -0.806. The summed E-state index contributed by atoms with van der Waals surface area (Å²) in [6, 6.07) is 1.55. The zero-order chi connectivity index (χ0) is 17.7. The maximum absolute atomic E-state index is 12.1. The third kappa shape index (κ3) is 3.97. The van der Waals surface area contributed by atoms with Crippen LogP contribution in [0, 0.1) is 0 Å². The topological polar surface area (TPSA) is 139 Å². The van der Waals surface area contributed by atoms with Crippen LogP contribution in [0.5, 0.6) is 0 Å². The van der Waals surface area contributed by atoms with Gasteiger partial charge in [-0.3, -0.25) is 9.59 Å². The minimum Gasteiger partial charge on any atom is -0.394 e. The number of carbonyl (C=O) groups is 1. The number of nitrogens with zero attached hydrogens (tertiary/aromatic N) is 2. The van der Waals surface area contributed by atoms with Crippen LogP contribution in [0.1, 0.15) is 13.2 Å². The van der Waals surface area contributed by atoms with Gasteiger partial charge >= 0.3 is 0 Å². The van der Waals surface area contributed by atoms with E-state index in [4.69, 9.17) is 9.47 Å². The van der Waals surface area contributed by atoms with Gasteiger partial charge in [0.15, 0.2) is 11.7 Å². The van der Waals surface area contributed by atoms with Gasteiger partial charge in [0, 0.05) is 20.1 Å². The first-order valence-electron chi connectivity index (χ1n) is 7.23. The van der Waals surface area contributed by atoms with Crippen LogP contribution >= 0.6 is 0 Å². The molecule has 4 N–H and O–H groups in total. The number of aliphatic hydroxyl groups is 2. The number of aromatic amines is 1. The molecule has 2 aromatic heterocycles. The van der Waals surface area contributed by atoms with Crippen molar-refractivity contribution in [1.82, 2.24) is 14.5 Å². The van der Waals surface area contributed by atoms with Crippen molar-refractivity contribution in [3.63, 3.8) is 0 Å². The van der Waals surface area contributed by atoms with E-state index in [1.54, 1.807) is 6.07 Å². The Kier molecular flexibility index (Phi) is 6.04. The zero-order valence-electron chi connectivity index (χ0n) is 13.4. The van der Waals surface area contributed by atoms with Gasteiger partial charge in [0.05, 0.1) is 31.7 Å². The summed E-state index contributed by atoms with van der Waals surface area (Å²) in [7, 11) is 1.47. The van der Waals surface area contributed by atoms with Gasteiger partial charge < -0.3 is 34.6 Å². The van der Waals surface area contributed by atoms with E-state index in [2.05, 4.69) is 15.3 Å². The number of ether oxygens (including phenoxy) is 2. The predicted octanol–water partition coefficient (Wildman–Crippen LogP) is -0.802. The third-order valence-corrected chi connectivity index (χ3v) is 3.26. The first-order chi connectivity index (χ1) is 11.5. The molecular weight excluding hydrogens is 320 g/mol. The Morgan fingerprint density at radius 1 is 1.46 bits per heavy atom. The van der Waals surface area contributed by atoms with Crippen LogP contribution in [0.15, 0.2) is 17.2 Å². The molecule has 2 heterocycles. The van der Waals surface area contributed by atoms with E-state index in [0.717, 1.165) is 0 Å². The molecule has 0 saturated carbocycles. The van der Waals surface area contributed by atoms with Crippen LogP contribution in [0.2, 0.25) is 0 Å². The van der Waals surface area contributed by atoms with Crippen LogP contribution in [-0.4, -0.2) is 63.7 Å². The molecule has 0 aromatic carbocycles. The lowest BCUT2D eigenvalue weighted by molar-refractivity contribution is -0.115. The highest BCUT2D eigenvalue weighted by Gasteiger charge is 2.20. The van der Waals surface area contributed by atoms with E-state index < -0.39 is 17.9 Å². The van der Waals surface area contributed by atoms with Gasteiger partial charge in [-0.25, -0.2) is 4.98 Å². The lowest BCUT2D eigenvalue weighted by Crippen LogP contribution is -2.29. The molecule has 24 heavy (non-hydrogen) atoms. The molecule has 10 nitrogen and oxygen atoms in total. The Morgan fingerprint density at radius 3 is 2.75 bits per heavy atom. The van der Waals surface area contributed by atoms with Gasteiger partial charge in [-0.05, 0) is 0 Å². The summed E-state index contributed by atoms with van der Waals surface area (Å²) in [6.07, 6.45) is -0.136. The monoisotopic (exact) mass is 340 g/mol. The van der Waals surface area contributed by atoms with Gasteiger partial charge in [0.25, 0.3) is 5.56 Å². The van der Waals surface area contributed by atoms with Gasteiger partial charge in [-0.2, -0.15) is 0 Å². The van der Waals surface area contributed by atoms with Crippen LogP contribution in [-0.2, 0) is 14.3 Å². The second kappa shape index (κ2) is 8.02. The average molecular weight is 340 g/mol. The molecule has 0 spiro atoms. The fourth-order valence-electron chi connectivity index (χ4n) is 2.22. The van der Waals surface area contributed by atoms with Gasteiger partial charge in [-0.1, -0.05) is 0 Å². The number of hydrogen-bond acceptors (Lipinski definition) is 7. The number of fused-ring (bicyclic) bond motifs is 1. The SMILES string of the molecule is COC[C@@H](OC(CO)CO)n1cnc2c(=O)[nH]c(NC(C)=O)cc21. The maximum atomic E-state index is 12.1. The molecule has 0 aliphatic rings. The number of H-pyrrole nitrogens is 1. The highest BCUT2D eigenvalue weighted by Crippen LogP contribution is 2.20. The normalized spacial score (nSPS) is 12.7. The molecule has 2 rings (SSSR count). The lowest BCUT2D eigenvalue weighted by atomic mass is 10.3. The van der Waals surface area contributed by atoms with Crippen molar-refractivity contribution in [1.29, 1.82) is 0 Å². The highest BCUT2D eigenvalue weighted by molar-refractivity contribution is 5.89. The Bertz CT molecular complexity index is 751. The molecule has 0 saturated heterocycles. The Labute approximate surface area is 137 Å². The molecule has 0 bridgehead atoms. The number of anilines is 1. The van der Waals surface area contributed by atoms with E-state index in [9.17, 15) is 19.8 Å². The molecule has 10 heteroatoms. The standard InChI is InChI=1S/C14H20N4O6/c1-8(21)16-11-3-10-13(14(22)17-11)15-7-18(10)12(6-23-2)24-9(4-19)5-20/h3,7,9,12,19-20H,4-6H2,1-2H3,(H2,16,17,21,22)/t12-/m1/s1. The number of methoxy groups -OCH3 is 1. The number of carbonyl (C=O) groups excluding carboxylic acids is 1. The van der Waals surface area contributed by atoms with Crippen molar-refractivity contribution in [3.8, 4) is 0 Å². The van der Waals surface area contributed by atoms with E-state index in [-0.39, 0.29) is 37.1 Å². The van der Waals surface area contributed by atoms with Crippen molar-refractivity contribution in [2.24, 2.45) is 0 Å². The molecule has 0 aliphatic carbocycles. The smallest absolute Gasteiger partial charge is 0.277 e. The van der Waals surface area contributed by atoms with Crippen molar-refractivity contribution >= 4 is 22.8 Å². The first kappa shape index (κ1) is 18.1. The number of imidazole rings is 1. The summed E-state index contributed by atoms with van der Waals surface area (Å²) >= 11 is 0. The van der Waals surface area contributed by atoms with E-state index in [0.29, 0.717) is 5.52 Å². The highest BCUT2D eigenvalue weighted by atomic mass is 16.6. The minimum absolute atomic E-state index is 0.101. The summed E-state index contributed by atoms with van der Waals surface area (Å²) in [5.41, 5.74) is 0.115. The summed E-state index contributed by atoms with van der Waals surface area (Å²) < 4.78 is 12.2. The van der Waals surface area contributed by atoms with Crippen LogP contribution in [0.4, 0.5) is 5.82 Å². The molecule has 132 valence electrons. The molecule has 1 atom stereocenters. The third-order valence-electron chi connectivity index (χ3n) is 3.26. The molecule has 2 aromatic rings. The summed E-state index contributed by atoms with van der Waals surface area (Å²) in [6.45, 7) is 0.677.